The van der Waals surface area contributed by atoms with E-state index in [1.807, 2.05) is 29.1 Å². The third kappa shape index (κ3) is 1.37. The fourth-order valence-electron chi connectivity index (χ4n) is 2.08. The van der Waals surface area contributed by atoms with Crippen molar-refractivity contribution >= 4 is 16.6 Å². The summed E-state index contributed by atoms with van der Waals surface area (Å²) in [6.45, 7) is 1.60. The lowest BCUT2D eigenvalue weighted by Gasteiger charge is -2.09. The van der Waals surface area contributed by atoms with E-state index in [2.05, 4.69) is 5.10 Å². The van der Waals surface area contributed by atoms with Gasteiger partial charge in [-0.05, 0) is 24.6 Å². The molecule has 4 heteroatoms. The predicted octanol–water partition coefficient (Wildman–Crippen LogP) is 1.58. The molecule has 0 spiro atoms. The third-order valence-electron chi connectivity index (χ3n) is 2.87. The maximum absolute atomic E-state index is 5.72. The van der Waals surface area contributed by atoms with E-state index in [9.17, 15) is 0 Å². The number of nitrogens with two attached hydrogens (primary N) is 1. The zero-order chi connectivity index (χ0) is 10.3. The van der Waals surface area contributed by atoms with Gasteiger partial charge in [0.25, 0.3) is 0 Å². The Morgan fingerprint density at radius 2 is 2.40 bits per heavy atom. The summed E-state index contributed by atoms with van der Waals surface area (Å²) in [4.78, 5) is 0. The minimum Gasteiger partial charge on any atom is -0.399 e. The lowest BCUT2D eigenvalue weighted by molar-refractivity contribution is 0.185. The first kappa shape index (κ1) is 8.73. The predicted molar refractivity (Wildman–Crippen MR) is 58.6 cm³/mol. The van der Waals surface area contributed by atoms with E-state index >= 15 is 0 Å². The van der Waals surface area contributed by atoms with Gasteiger partial charge in [0.2, 0.25) is 0 Å². The van der Waals surface area contributed by atoms with E-state index in [0.717, 1.165) is 36.2 Å². The van der Waals surface area contributed by atoms with E-state index in [0.29, 0.717) is 6.04 Å². The van der Waals surface area contributed by atoms with Crippen molar-refractivity contribution in [1.82, 2.24) is 9.78 Å². The van der Waals surface area contributed by atoms with Gasteiger partial charge in [0.15, 0.2) is 0 Å². The number of anilines is 1. The van der Waals surface area contributed by atoms with Gasteiger partial charge in [-0.2, -0.15) is 5.10 Å². The number of hydrogen-bond acceptors (Lipinski definition) is 3. The van der Waals surface area contributed by atoms with Crippen LogP contribution in [-0.2, 0) is 4.74 Å². The van der Waals surface area contributed by atoms with Crippen molar-refractivity contribution in [3.63, 3.8) is 0 Å². The van der Waals surface area contributed by atoms with Gasteiger partial charge in [0.1, 0.15) is 0 Å². The molecule has 15 heavy (non-hydrogen) atoms. The molecule has 1 aliphatic rings. The molecule has 1 unspecified atom stereocenters. The number of benzene rings is 1. The van der Waals surface area contributed by atoms with Crippen LogP contribution in [0.3, 0.4) is 0 Å². The van der Waals surface area contributed by atoms with Gasteiger partial charge in [-0.25, -0.2) is 0 Å². The molecule has 78 valence electrons. The molecule has 0 aliphatic carbocycles. The second-order valence-corrected chi connectivity index (χ2v) is 3.92. The van der Waals surface area contributed by atoms with Gasteiger partial charge in [-0.15, -0.1) is 0 Å². The van der Waals surface area contributed by atoms with E-state index in [1.165, 1.54) is 0 Å². The first-order chi connectivity index (χ1) is 7.34. The van der Waals surface area contributed by atoms with Gasteiger partial charge in [0.05, 0.1) is 24.4 Å². The molecule has 2 heterocycles. The summed E-state index contributed by atoms with van der Waals surface area (Å²) >= 11 is 0. The minimum absolute atomic E-state index is 0.381. The molecule has 2 N–H and O–H groups in total. The summed E-state index contributed by atoms with van der Waals surface area (Å²) in [5, 5.41) is 5.50. The molecule has 3 rings (SSSR count). The highest BCUT2D eigenvalue weighted by Crippen LogP contribution is 2.24. The summed E-state index contributed by atoms with van der Waals surface area (Å²) in [6, 6.07) is 6.27. The average molecular weight is 203 g/mol. The molecule has 1 atom stereocenters. The Morgan fingerprint density at radius 1 is 1.47 bits per heavy atom. The van der Waals surface area contributed by atoms with Gasteiger partial charge < -0.3 is 10.5 Å². The van der Waals surface area contributed by atoms with Crippen molar-refractivity contribution in [2.75, 3.05) is 18.9 Å². The maximum Gasteiger partial charge on any atom is 0.0781 e. The molecule has 0 bridgehead atoms. The molecule has 1 aromatic heterocycles. The Bertz CT molecular complexity index is 486. The van der Waals surface area contributed by atoms with Crippen LogP contribution in [0.4, 0.5) is 5.69 Å². The number of nitrogens with zero attached hydrogens (tertiary/aromatic N) is 2. The largest absolute Gasteiger partial charge is 0.399 e. The molecule has 1 aromatic carbocycles. The molecule has 4 nitrogen and oxygen atoms in total. The Labute approximate surface area is 87.6 Å². The van der Waals surface area contributed by atoms with E-state index < -0.39 is 0 Å². The van der Waals surface area contributed by atoms with E-state index in [-0.39, 0.29) is 0 Å². The number of aromatic nitrogens is 2. The Kier molecular flexibility index (Phi) is 1.89. The van der Waals surface area contributed by atoms with Crippen LogP contribution in [0.25, 0.3) is 10.9 Å². The van der Waals surface area contributed by atoms with Crippen molar-refractivity contribution < 1.29 is 4.74 Å². The number of rotatable bonds is 1. The van der Waals surface area contributed by atoms with Crippen LogP contribution in [0, 0.1) is 0 Å². The normalized spacial score (nSPS) is 21.2. The molecule has 1 aliphatic heterocycles. The second-order valence-electron chi connectivity index (χ2n) is 3.92. The fraction of sp³-hybridized carbons (Fsp3) is 0.364. The summed E-state index contributed by atoms with van der Waals surface area (Å²) in [5.41, 5.74) is 7.65. The molecule has 0 saturated carbocycles. The fourth-order valence-corrected chi connectivity index (χ4v) is 2.08. The third-order valence-corrected chi connectivity index (χ3v) is 2.87. The van der Waals surface area contributed by atoms with E-state index in [1.54, 1.807) is 0 Å². The average Bonchev–Trinajstić information content (AvgIpc) is 2.82. The van der Waals surface area contributed by atoms with Crippen LogP contribution < -0.4 is 5.73 Å². The standard InChI is InChI=1S/C11H13N3O/c12-9-1-2-11-8(5-9)6-13-14(11)10-3-4-15-7-10/h1-2,5-6,10H,3-4,7,12H2. The first-order valence-corrected chi connectivity index (χ1v) is 5.15. The molecule has 0 amide bonds. The van der Waals surface area contributed by atoms with Crippen molar-refractivity contribution in [2.45, 2.75) is 12.5 Å². The van der Waals surface area contributed by atoms with Gasteiger partial charge in [-0.1, -0.05) is 0 Å². The molecule has 0 radical (unpaired) electrons. The van der Waals surface area contributed by atoms with Crippen LogP contribution in [0.2, 0.25) is 0 Å². The summed E-state index contributed by atoms with van der Waals surface area (Å²) in [7, 11) is 0. The Hall–Kier alpha value is -1.55. The van der Waals surface area contributed by atoms with Gasteiger partial charge >= 0.3 is 0 Å². The highest BCUT2D eigenvalue weighted by molar-refractivity contribution is 5.82. The zero-order valence-electron chi connectivity index (χ0n) is 8.39. The number of ether oxygens (including phenoxy) is 1. The second kappa shape index (κ2) is 3.24. The summed E-state index contributed by atoms with van der Waals surface area (Å²) in [5.74, 6) is 0. The monoisotopic (exact) mass is 203 g/mol. The van der Waals surface area contributed by atoms with Crippen molar-refractivity contribution in [3.05, 3.63) is 24.4 Å². The van der Waals surface area contributed by atoms with Crippen molar-refractivity contribution in [2.24, 2.45) is 0 Å². The molecular weight excluding hydrogens is 190 g/mol. The summed E-state index contributed by atoms with van der Waals surface area (Å²) in [6.07, 6.45) is 2.91. The Morgan fingerprint density at radius 3 is 3.20 bits per heavy atom. The SMILES string of the molecule is Nc1ccc2c(cnn2C2CCOC2)c1. The molecule has 1 fully saturated rings. The Balaban J connectivity index is 2.11. The molecule has 1 saturated heterocycles. The number of fused-ring (bicyclic) bond motifs is 1. The van der Waals surface area contributed by atoms with Crippen LogP contribution in [0.1, 0.15) is 12.5 Å². The highest BCUT2D eigenvalue weighted by Gasteiger charge is 2.19. The van der Waals surface area contributed by atoms with Crippen LogP contribution in [0.5, 0.6) is 0 Å². The van der Waals surface area contributed by atoms with Gasteiger partial charge in [-0.3, -0.25) is 4.68 Å². The van der Waals surface area contributed by atoms with Crippen LogP contribution >= 0.6 is 0 Å². The van der Waals surface area contributed by atoms with Crippen LogP contribution in [0.15, 0.2) is 24.4 Å². The van der Waals surface area contributed by atoms with Crippen molar-refractivity contribution in [1.29, 1.82) is 0 Å². The number of hydrogen-bond donors (Lipinski definition) is 1. The minimum atomic E-state index is 0.381. The molecular formula is C11H13N3O. The van der Waals surface area contributed by atoms with Gasteiger partial charge in [0, 0.05) is 17.7 Å². The number of nitrogen functional groups attached to an aromatic ring is 1. The highest BCUT2D eigenvalue weighted by atomic mass is 16.5. The quantitative estimate of drug-likeness (QED) is 0.716. The van der Waals surface area contributed by atoms with Crippen molar-refractivity contribution in [3.8, 4) is 0 Å². The zero-order valence-corrected chi connectivity index (χ0v) is 8.39. The topological polar surface area (TPSA) is 53.1 Å². The summed E-state index contributed by atoms with van der Waals surface area (Å²) < 4.78 is 7.41. The lowest BCUT2D eigenvalue weighted by Crippen LogP contribution is -2.09. The van der Waals surface area contributed by atoms with E-state index in [4.69, 9.17) is 10.5 Å². The smallest absolute Gasteiger partial charge is 0.0781 e. The maximum atomic E-state index is 5.72. The first-order valence-electron chi connectivity index (χ1n) is 5.15. The van der Waals surface area contributed by atoms with Crippen LogP contribution in [-0.4, -0.2) is 23.0 Å². The lowest BCUT2D eigenvalue weighted by atomic mass is 10.2. The molecule has 2 aromatic rings.